The number of aryl methyl sites for hydroxylation is 1. The molecule has 1 fully saturated rings. The summed E-state index contributed by atoms with van der Waals surface area (Å²) in [5.74, 6) is 0.240. The number of piperidine rings is 1. The topological polar surface area (TPSA) is 46.3 Å². The van der Waals surface area contributed by atoms with E-state index >= 15 is 0 Å². The number of amides is 1. The van der Waals surface area contributed by atoms with Crippen molar-refractivity contribution in [3.8, 4) is 0 Å². The van der Waals surface area contributed by atoms with Crippen molar-refractivity contribution in [3.63, 3.8) is 0 Å². The second kappa shape index (κ2) is 7.39. The minimum Gasteiger partial charge on any atom is -0.341 e. The van der Waals surface area contributed by atoms with E-state index in [4.69, 9.17) is 5.73 Å². The van der Waals surface area contributed by atoms with Crippen LogP contribution in [0, 0.1) is 0 Å². The first-order chi connectivity index (χ1) is 8.25. The molecule has 0 aliphatic carbocycles. The van der Waals surface area contributed by atoms with E-state index in [1.807, 2.05) is 23.1 Å². The third-order valence-corrected chi connectivity index (χ3v) is 3.28. The van der Waals surface area contributed by atoms with Crippen LogP contribution < -0.4 is 5.73 Å². The smallest absolute Gasteiger partial charge is 0.222 e. The van der Waals surface area contributed by atoms with Crippen molar-refractivity contribution < 1.29 is 4.79 Å². The number of carbonyl (C=O) groups excluding carboxylic acids is 1. The Hall–Kier alpha value is -1.06. The molecule has 4 heteroatoms. The largest absolute Gasteiger partial charge is 0.341 e. The lowest BCUT2D eigenvalue weighted by molar-refractivity contribution is -0.132. The number of halogens is 1. The van der Waals surface area contributed by atoms with Crippen LogP contribution in [0.4, 0.5) is 0 Å². The van der Waals surface area contributed by atoms with Gasteiger partial charge in [-0.15, -0.1) is 12.4 Å². The molecular weight excluding hydrogens is 248 g/mol. The van der Waals surface area contributed by atoms with Gasteiger partial charge in [0.25, 0.3) is 0 Å². The molecule has 2 rings (SSSR count). The van der Waals surface area contributed by atoms with Gasteiger partial charge >= 0.3 is 0 Å². The van der Waals surface area contributed by atoms with E-state index in [9.17, 15) is 4.79 Å². The lowest BCUT2D eigenvalue weighted by Crippen LogP contribution is -2.45. The van der Waals surface area contributed by atoms with Crippen LogP contribution in [0.1, 0.15) is 24.8 Å². The minimum atomic E-state index is 0. The van der Waals surface area contributed by atoms with Crippen LogP contribution in [0.3, 0.4) is 0 Å². The molecule has 1 unspecified atom stereocenters. The monoisotopic (exact) mass is 268 g/mol. The predicted octanol–water partition coefficient (Wildman–Crippen LogP) is 1.99. The van der Waals surface area contributed by atoms with Gasteiger partial charge in [0.2, 0.25) is 5.91 Å². The molecule has 0 radical (unpaired) electrons. The molecule has 3 nitrogen and oxygen atoms in total. The van der Waals surface area contributed by atoms with Crippen LogP contribution in [0.2, 0.25) is 0 Å². The van der Waals surface area contributed by atoms with Crippen LogP contribution >= 0.6 is 12.4 Å². The first kappa shape index (κ1) is 15.0. The van der Waals surface area contributed by atoms with Crippen LogP contribution in [-0.4, -0.2) is 29.9 Å². The van der Waals surface area contributed by atoms with Crippen molar-refractivity contribution in [1.82, 2.24) is 4.90 Å². The van der Waals surface area contributed by atoms with Crippen molar-refractivity contribution in [3.05, 3.63) is 35.9 Å². The van der Waals surface area contributed by atoms with Crippen molar-refractivity contribution in [1.29, 1.82) is 0 Å². The van der Waals surface area contributed by atoms with E-state index in [2.05, 4.69) is 12.1 Å². The molecule has 0 aromatic heterocycles. The predicted molar refractivity (Wildman–Crippen MR) is 75.8 cm³/mol. The van der Waals surface area contributed by atoms with Crippen molar-refractivity contribution in [2.45, 2.75) is 31.7 Å². The molecule has 100 valence electrons. The van der Waals surface area contributed by atoms with Gasteiger partial charge in [-0.05, 0) is 24.8 Å². The molecule has 1 aromatic rings. The van der Waals surface area contributed by atoms with Crippen LogP contribution in [0.15, 0.2) is 30.3 Å². The number of nitrogens with zero attached hydrogens (tertiary/aromatic N) is 1. The van der Waals surface area contributed by atoms with Gasteiger partial charge in [-0.1, -0.05) is 30.3 Å². The number of hydrogen-bond donors (Lipinski definition) is 1. The SMILES string of the molecule is Cl.NC1CCCN(C(=O)CCc2ccccc2)C1. The molecule has 0 spiro atoms. The lowest BCUT2D eigenvalue weighted by atomic mass is 10.0. The second-order valence-corrected chi connectivity index (χ2v) is 4.73. The summed E-state index contributed by atoms with van der Waals surface area (Å²) in [7, 11) is 0. The molecule has 1 aliphatic heterocycles. The maximum atomic E-state index is 12.0. The molecule has 18 heavy (non-hydrogen) atoms. The third kappa shape index (κ3) is 4.31. The van der Waals surface area contributed by atoms with Crippen LogP contribution in [0.25, 0.3) is 0 Å². The summed E-state index contributed by atoms with van der Waals surface area (Å²) in [4.78, 5) is 13.9. The average Bonchev–Trinajstić information content (AvgIpc) is 2.37. The zero-order valence-electron chi connectivity index (χ0n) is 10.5. The highest BCUT2D eigenvalue weighted by Gasteiger charge is 2.20. The maximum Gasteiger partial charge on any atom is 0.222 e. The summed E-state index contributed by atoms with van der Waals surface area (Å²) in [5, 5.41) is 0. The van der Waals surface area contributed by atoms with Gasteiger partial charge in [0.15, 0.2) is 0 Å². The molecule has 0 saturated carbocycles. The molecule has 1 amide bonds. The van der Waals surface area contributed by atoms with Crippen molar-refractivity contribution >= 4 is 18.3 Å². The zero-order chi connectivity index (χ0) is 12.1. The molecular formula is C14H21ClN2O. The van der Waals surface area contributed by atoms with E-state index in [0.29, 0.717) is 6.42 Å². The normalized spacial score (nSPS) is 19.2. The summed E-state index contributed by atoms with van der Waals surface area (Å²) >= 11 is 0. The van der Waals surface area contributed by atoms with Crippen molar-refractivity contribution in [2.75, 3.05) is 13.1 Å². The lowest BCUT2D eigenvalue weighted by Gasteiger charge is -2.30. The Kier molecular flexibility index (Phi) is 6.16. The summed E-state index contributed by atoms with van der Waals surface area (Å²) in [6.45, 7) is 1.61. The van der Waals surface area contributed by atoms with Gasteiger partial charge in [-0.3, -0.25) is 4.79 Å². The summed E-state index contributed by atoms with van der Waals surface area (Å²) in [5.41, 5.74) is 7.10. The minimum absolute atomic E-state index is 0. The third-order valence-electron chi connectivity index (χ3n) is 3.28. The van der Waals surface area contributed by atoms with Gasteiger partial charge in [0.05, 0.1) is 0 Å². The van der Waals surface area contributed by atoms with Crippen molar-refractivity contribution in [2.24, 2.45) is 5.73 Å². The second-order valence-electron chi connectivity index (χ2n) is 4.73. The molecule has 0 bridgehead atoms. The summed E-state index contributed by atoms with van der Waals surface area (Å²) in [6.07, 6.45) is 3.50. The number of carbonyl (C=O) groups is 1. The Morgan fingerprint density at radius 3 is 2.72 bits per heavy atom. The fraction of sp³-hybridized carbons (Fsp3) is 0.500. The average molecular weight is 269 g/mol. The Morgan fingerprint density at radius 1 is 1.33 bits per heavy atom. The standard InChI is InChI=1S/C14H20N2O.ClH/c15-13-7-4-10-16(11-13)14(17)9-8-12-5-2-1-3-6-12;/h1-3,5-6,13H,4,7-11,15H2;1H. The van der Waals surface area contributed by atoms with Gasteiger partial charge in [0.1, 0.15) is 0 Å². The number of nitrogens with two attached hydrogens (primary N) is 1. The molecule has 1 saturated heterocycles. The summed E-state index contributed by atoms with van der Waals surface area (Å²) in [6, 6.07) is 10.3. The number of likely N-dealkylation sites (tertiary alicyclic amines) is 1. The van der Waals surface area contributed by atoms with Gasteiger partial charge in [0, 0.05) is 25.6 Å². The van der Waals surface area contributed by atoms with Gasteiger partial charge in [-0.2, -0.15) is 0 Å². The molecule has 1 atom stereocenters. The van der Waals surface area contributed by atoms with Gasteiger partial charge in [-0.25, -0.2) is 0 Å². The summed E-state index contributed by atoms with van der Waals surface area (Å²) < 4.78 is 0. The Bertz CT molecular complexity index is 369. The Labute approximate surface area is 115 Å². The van der Waals surface area contributed by atoms with Crippen LogP contribution in [0.5, 0.6) is 0 Å². The van der Waals surface area contributed by atoms with E-state index in [1.165, 1.54) is 5.56 Å². The number of hydrogen-bond acceptors (Lipinski definition) is 2. The first-order valence-electron chi connectivity index (χ1n) is 6.33. The Morgan fingerprint density at radius 2 is 2.06 bits per heavy atom. The molecule has 1 aliphatic rings. The molecule has 2 N–H and O–H groups in total. The fourth-order valence-electron chi connectivity index (χ4n) is 2.29. The number of benzene rings is 1. The van der Waals surface area contributed by atoms with Gasteiger partial charge < -0.3 is 10.6 Å². The van der Waals surface area contributed by atoms with E-state index in [0.717, 1.165) is 32.4 Å². The van der Waals surface area contributed by atoms with E-state index in [-0.39, 0.29) is 24.4 Å². The Balaban J connectivity index is 0.00000162. The van der Waals surface area contributed by atoms with E-state index in [1.54, 1.807) is 0 Å². The molecule has 1 heterocycles. The van der Waals surface area contributed by atoms with Crippen LogP contribution in [-0.2, 0) is 11.2 Å². The quantitative estimate of drug-likeness (QED) is 0.911. The molecule has 1 aromatic carbocycles. The van der Waals surface area contributed by atoms with E-state index < -0.39 is 0 Å². The maximum absolute atomic E-state index is 12.0. The first-order valence-corrected chi connectivity index (χ1v) is 6.33. The zero-order valence-corrected chi connectivity index (χ0v) is 11.4. The highest BCUT2D eigenvalue weighted by atomic mass is 35.5. The number of rotatable bonds is 3. The highest BCUT2D eigenvalue weighted by molar-refractivity contribution is 5.85. The highest BCUT2D eigenvalue weighted by Crippen LogP contribution is 2.11. The fourth-order valence-corrected chi connectivity index (χ4v) is 2.29.